The van der Waals surface area contributed by atoms with Crippen molar-refractivity contribution in [3.8, 4) is 0 Å². The first-order valence-electron chi connectivity index (χ1n) is 10.7. The van der Waals surface area contributed by atoms with E-state index < -0.39 is 13.0 Å². The van der Waals surface area contributed by atoms with Crippen LogP contribution in [0.1, 0.15) is 23.0 Å². The number of aromatic nitrogens is 1. The van der Waals surface area contributed by atoms with Crippen molar-refractivity contribution >= 4 is 46.2 Å². The highest BCUT2D eigenvalue weighted by Gasteiger charge is 2.29. The Morgan fingerprint density at radius 1 is 0.879 bits per heavy atom. The van der Waals surface area contributed by atoms with Crippen LogP contribution in [-0.2, 0) is 4.74 Å². The van der Waals surface area contributed by atoms with Gasteiger partial charge in [0.2, 0.25) is 0 Å². The Hall–Kier alpha value is -3.20. The maximum Gasteiger partial charge on any atom is 0.343 e. The Bertz CT molecular complexity index is 1210. The third-order valence-corrected chi connectivity index (χ3v) is 9.13. The van der Waals surface area contributed by atoms with Crippen LogP contribution in [0.3, 0.4) is 0 Å². The first-order chi connectivity index (χ1) is 16.1. The number of pyridine rings is 1. The Labute approximate surface area is 199 Å². The summed E-state index contributed by atoms with van der Waals surface area (Å²) in [4.78, 5) is 17.2. The third-order valence-electron chi connectivity index (χ3n) is 5.21. The molecular weight excluding hydrogens is 451 g/mol. The van der Waals surface area contributed by atoms with Gasteiger partial charge in [-0.05, 0) is 19.9 Å². The lowest BCUT2D eigenvalue weighted by Gasteiger charge is -2.27. The largest absolute Gasteiger partial charge is 0.462 e. The molecule has 0 aliphatic rings. The molecule has 166 valence electrons. The molecular formula is C27H24ClN2O2P. The molecule has 4 aromatic rings. The number of hydrogen-bond donors (Lipinski definition) is 0. The number of aryl methyl sites for hydroxylation is 1. The van der Waals surface area contributed by atoms with Gasteiger partial charge in [-0.15, -0.1) is 0 Å². The average molecular weight is 475 g/mol. The quantitative estimate of drug-likeness (QED) is 0.195. The van der Waals surface area contributed by atoms with Crippen LogP contribution in [0.5, 0.6) is 0 Å². The molecule has 0 amide bonds. The van der Waals surface area contributed by atoms with Crippen LogP contribution in [-0.4, -0.2) is 17.6 Å². The van der Waals surface area contributed by atoms with Crippen molar-refractivity contribution < 1.29 is 9.53 Å². The number of benzene rings is 3. The van der Waals surface area contributed by atoms with Crippen molar-refractivity contribution in [1.82, 2.24) is 4.98 Å². The Morgan fingerprint density at radius 3 is 1.76 bits per heavy atom. The molecule has 0 aliphatic carbocycles. The number of rotatable bonds is 6. The highest BCUT2D eigenvalue weighted by molar-refractivity contribution is 7.87. The van der Waals surface area contributed by atoms with Gasteiger partial charge >= 0.3 is 5.97 Å². The van der Waals surface area contributed by atoms with Crippen molar-refractivity contribution in [1.29, 1.82) is 0 Å². The van der Waals surface area contributed by atoms with Gasteiger partial charge in [0, 0.05) is 21.6 Å². The normalized spacial score (nSPS) is 11.1. The van der Waals surface area contributed by atoms with E-state index in [1.54, 1.807) is 6.92 Å². The van der Waals surface area contributed by atoms with E-state index in [1.165, 1.54) is 0 Å². The molecule has 6 heteroatoms. The molecule has 33 heavy (non-hydrogen) atoms. The predicted octanol–water partition coefficient (Wildman–Crippen LogP) is 6.03. The van der Waals surface area contributed by atoms with Gasteiger partial charge in [0.1, 0.15) is 10.7 Å². The van der Waals surface area contributed by atoms with Crippen molar-refractivity contribution in [2.24, 2.45) is 4.74 Å². The van der Waals surface area contributed by atoms with Gasteiger partial charge in [-0.3, -0.25) is 4.74 Å². The topological polar surface area (TPSA) is 51.5 Å². The Morgan fingerprint density at radius 2 is 1.33 bits per heavy atom. The van der Waals surface area contributed by atoms with E-state index in [0.717, 1.165) is 15.9 Å². The summed E-state index contributed by atoms with van der Waals surface area (Å²) in [6.07, 6.45) is 0. The molecule has 1 aromatic heterocycles. The van der Waals surface area contributed by atoms with Gasteiger partial charge < -0.3 is 4.74 Å². The van der Waals surface area contributed by atoms with E-state index >= 15 is 0 Å². The zero-order valence-electron chi connectivity index (χ0n) is 18.5. The molecule has 0 atom stereocenters. The maximum atomic E-state index is 12.9. The second-order valence-corrected chi connectivity index (χ2v) is 10.8. The lowest BCUT2D eigenvalue weighted by Crippen LogP contribution is -2.25. The second kappa shape index (κ2) is 10.2. The van der Waals surface area contributed by atoms with Crippen molar-refractivity contribution in [2.75, 3.05) is 6.61 Å². The molecule has 3 aromatic carbocycles. The highest BCUT2D eigenvalue weighted by atomic mass is 35.5. The maximum absolute atomic E-state index is 12.9. The molecule has 0 saturated heterocycles. The average Bonchev–Trinajstić information content (AvgIpc) is 2.84. The minimum absolute atomic E-state index is 0.0967. The number of esters is 1. The third kappa shape index (κ3) is 4.64. The van der Waals surface area contributed by atoms with Gasteiger partial charge in [-0.25, -0.2) is 9.78 Å². The van der Waals surface area contributed by atoms with Crippen LogP contribution in [0.25, 0.3) is 0 Å². The summed E-state index contributed by atoms with van der Waals surface area (Å²) in [6.45, 7) is 3.84. The molecule has 0 aliphatic heterocycles. The SMILES string of the molecule is CCOC(=O)c1c(N=P(c2ccccc2)(c2ccccc2)c2ccccc2)cc(C)nc1Cl. The van der Waals surface area contributed by atoms with Gasteiger partial charge in [0.25, 0.3) is 0 Å². The minimum Gasteiger partial charge on any atom is -0.462 e. The summed E-state index contributed by atoms with van der Waals surface area (Å²) in [7, 11) is -2.57. The number of nitrogens with zero attached hydrogens (tertiary/aromatic N) is 2. The van der Waals surface area contributed by atoms with E-state index in [4.69, 9.17) is 21.1 Å². The lowest BCUT2D eigenvalue weighted by atomic mass is 10.2. The number of hydrogen-bond acceptors (Lipinski definition) is 4. The lowest BCUT2D eigenvalue weighted by molar-refractivity contribution is 0.0527. The molecule has 4 rings (SSSR count). The van der Waals surface area contributed by atoms with E-state index in [9.17, 15) is 4.79 Å². The summed E-state index contributed by atoms with van der Waals surface area (Å²) >= 11 is 6.47. The van der Waals surface area contributed by atoms with Gasteiger partial charge in [0.15, 0.2) is 0 Å². The number of carbonyl (C=O) groups is 1. The molecule has 0 saturated carbocycles. The van der Waals surface area contributed by atoms with Crippen molar-refractivity contribution in [3.05, 3.63) is 113 Å². The van der Waals surface area contributed by atoms with Crippen molar-refractivity contribution in [2.45, 2.75) is 13.8 Å². The van der Waals surface area contributed by atoms with Gasteiger partial charge in [-0.1, -0.05) is 103 Å². The summed E-state index contributed by atoms with van der Waals surface area (Å²) < 4.78 is 10.7. The molecule has 0 radical (unpaired) electrons. The zero-order chi connectivity index (χ0) is 23.3. The first-order valence-corrected chi connectivity index (χ1v) is 12.8. The highest BCUT2D eigenvalue weighted by Crippen LogP contribution is 2.50. The number of halogens is 1. The first kappa shape index (κ1) is 23.0. The predicted molar refractivity (Wildman–Crippen MR) is 137 cm³/mol. The van der Waals surface area contributed by atoms with E-state index in [2.05, 4.69) is 41.4 Å². The van der Waals surface area contributed by atoms with Crippen LogP contribution in [0.2, 0.25) is 5.15 Å². The molecule has 4 nitrogen and oxygen atoms in total. The van der Waals surface area contributed by atoms with Crippen molar-refractivity contribution in [3.63, 3.8) is 0 Å². The molecule has 0 fully saturated rings. The summed E-state index contributed by atoms with van der Waals surface area (Å²) in [5.41, 5.74) is 1.35. The molecule has 0 bridgehead atoms. The van der Waals surface area contributed by atoms with Crippen LogP contribution in [0.15, 0.2) is 102 Å². The van der Waals surface area contributed by atoms with Crippen LogP contribution in [0.4, 0.5) is 5.69 Å². The smallest absolute Gasteiger partial charge is 0.343 e. The standard InChI is InChI=1S/C27H24ClN2O2P/c1-3-32-27(31)25-24(19-20(2)29-26(25)28)30-33(21-13-7-4-8-14-21,22-15-9-5-10-16-22)23-17-11-6-12-18-23/h4-19H,3H2,1-2H3. The fourth-order valence-corrected chi connectivity index (χ4v) is 7.64. The summed E-state index contributed by atoms with van der Waals surface area (Å²) in [5.74, 6) is -0.527. The molecule has 0 N–H and O–H groups in total. The van der Waals surface area contributed by atoms with Crippen LogP contribution >= 0.6 is 18.7 Å². The fourth-order valence-electron chi connectivity index (χ4n) is 3.80. The molecule has 1 heterocycles. The number of carbonyl (C=O) groups excluding carboxylic acids is 1. The van der Waals surface area contributed by atoms with E-state index in [1.807, 2.05) is 67.6 Å². The molecule has 0 unspecified atom stereocenters. The van der Waals surface area contributed by atoms with Gasteiger partial charge in [0.05, 0.1) is 19.3 Å². The van der Waals surface area contributed by atoms with E-state index in [0.29, 0.717) is 11.4 Å². The Kier molecular flexibility index (Phi) is 7.08. The fraction of sp³-hybridized carbons (Fsp3) is 0.111. The zero-order valence-corrected chi connectivity index (χ0v) is 20.1. The van der Waals surface area contributed by atoms with Gasteiger partial charge in [-0.2, -0.15) is 0 Å². The second-order valence-electron chi connectivity index (χ2n) is 7.41. The van der Waals surface area contributed by atoms with Crippen LogP contribution in [0, 0.1) is 6.92 Å². The van der Waals surface area contributed by atoms with Crippen LogP contribution < -0.4 is 15.9 Å². The summed E-state index contributed by atoms with van der Waals surface area (Å²) in [5, 5.41) is 3.31. The Balaban J connectivity index is 2.17. The monoisotopic (exact) mass is 474 g/mol. The number of ether oxygens (including phenoxy) is 1. The molecule has 0 spiro atoms. The van der Waals surface area contributed by atoms with E-state index in [-0.39, 0.29) is 17.3 Å². The summed E-state index contributed by atoms with van der Waals surface area (Å²) in [6, 6.07) is 32.4. The minimum atomic E-state index is -2.57.